The Kier molecular flexibility index (Phi) is 5.18. The first-order valence-electron chi connectivity index (χ1n) is 5.69. The fourth-order valence-corrected chi connectivity index (χ4v) is 3.01. The summed E-state index contributed by atoms with van der Waals surface area (Å²) < 4.78 is 0. The Morgan fingerprint density at radius 2 is 2.06 bits per heavy atom. The molecule has 1 saturated heterocycles. The Balaban J connectivity index is 1.79. The molecule has 2 rings (SSSR count). The maximum Gasteiger partial charge on any atom is 0.234 e. The number of amides is 1. The minimum atomic E-state index is -0.0673. The standard InChI is InChI=1S/C12H14Cl2N2OS/c13-9-2-1-3-10(14)12(9)16-11(17)7-18-6-8-4-15-5-8/h1-3,8,15H,4-7H2,(H,16,17). The van der Waals surface area contributed by atoms with Crippen molar-refractivity contribution >= 4 is 46.6 Å². The summed E-state index contributed by atoms with van der Waals surface area (Å²) in [5.74, 6) is 2.07. The monoisotopic (exact) mass is 304 g/mol. The summed E-state index contributed by atoms with van der Waals surface area (Å²) in [5.41, 5.74) is 0.497. The molecule has 3 nitrogen and oxygen atoms in total. The van der Waals surface area contributed by atoms with Gasteiger partial charge in [-0.3, -0.25) is 4.79 Å². The minimum absolute atomic E-state index is 0.0673. The third-order valence-corrected chi connectivity index (χ3v) is 4.48. The first kappa shape index (κ1) is 14.0. The van der Waals surface area contributed by atoms with Crippen molar-refractivity contribution in [1.29, 1.82) is 0 Å². The van der Waals surface area contributed by atoms with Crippen LogP contribution in [0.1, 0.15) is 0 Å². The number of halogens is 2. The minimum Gasteiger partial charge on any atom is -0.323 e. The van der Waals surface area contributed by atoms with Crippen LogP contribution in [-0.4, -0.2) is 30.5 Å². The van der Waals surface area contributed by atoms with Crippen LogP contribution in [0.4, 0.5) is 5.69 Å². The maximum absolute atomic E-state index is 11.7. The number of anilines is 1. The molecule has 6 heteroatoms. The van der Waals surface area contributed by atoms with E-state index in [4.69, 9.17) is 23.2 Å². The highest BCUT2D eigenvalue weighted by Crippen LogP contribution is 2.29. The van der Waals surface area contributed by atoms with E-state index in [-0.39, 0.29) is 5.91 Å². The number of hydrogen-bond acceptors (Lipinski definition) is 3. The molecule has 0 unspecified atom stereocenters. The molecular formula is C12H14Cl2N2OS. The van der Waals surface area contributed by atoms with Crippen molar-refractivity contribution in [2.45, 2.75) is 0 Å². The van der Waals surface area contributed by atoms with Gasteiger partial charge in [0.05, 0.1) is 21.5 Å². The van der Waals surface area contributed by atoms with Crippen LogP contribution in [0.2, 0.25) is 10.0 Å². The van der Waals surface area contributed by atoms with Crippen molar-refractivity contribution in [3.05, 3.63) is 28.2 Å². The van der Waals surface area contributed by atoms with E-state index in [1.165, 1.54) is 0 Å². The first-order valence-corrected chi connectivity index (χ1v) is 7.60. The number of para-hydroxylation sites is 1. The third kappa shape index (κ3) is 3.79. The SMILES string of the molecule is O=C(CSCC1CNC1)Nc1c(Cl)cccc1Cl. The highest BCUT2D eigenvalue weighted by molar-refractivity contribution is 7.99. The van der Waals surface area contributed by atoms with Crippen LogP contribution >= 0.6 is 35.0 Å². The van der Waals surface area contributed by atoms with Gasteiger partial charge in [-0.25, -0.2) is 0 Å². The van der Waals surface area contributed by atoms with Gasteiger partial charge in [-0.15, -0.1) is 0 Å². The summed E-state index contributed by atoms with van der Waals surface area (Å²) in [6.07, 6.45) is 0. The second kappa shape index (κ2) is 6.66. The molecule has 1 aromatic carbocycles. The molecule has 1 heterocycles. The van der Waals surface area contributed by atoms with Crippen molar-refractivity contribution in [1.82, 2.24) is 5.32 Å². The van der Waals surface area contributed by atoms with Crippen molar-refractivity contribution in [3.8, 4) is 0 Å². The van der Waals surface area contributed by atoms with Crippen molar-refractivity contribution in [3.63, 3.8) is 0 Å². The molecule has 0 radical (unpaired) electrons. The van der Waals surface area contributed by atoms with Crippen LogP contribution in [0.5, 0.6) is 0 Å². The summed E-state index contributed by atoms with van der Waals surface area (Å²) in [6, 6.07) is 5.16. The van der Waals surface area contributed by atoms with Crippen LogP contribution in [-0.2, 0) is 4.79 Å². The molecule has 0 bridgehead atoms. The Labute approximate surface area is 121 Å². The average Bonchev–Trinajstić information content (AvgIpc) is 2.27. The summed E-state index contributed by atoms with van der Waals surface area (Å²) in [4.78, 5) is 11.7. The largest absolute Gasteiger partial charge is 0.323 e. The van der Waals surface area contributed by atoms with Crippen molar-refractivity contribution < 1.29 is 4.79 Å². The van der Waals surface area contributed by atoms with E-state index in [0.29, 0.717) is 27.4 Å². The van der Waals surface area contributed by atoms with Crippen LogP contribution in [0, 0.1) is 5.92 Å². The van der Waals surface area contributed by atoms with E-state index in [0.717, 1.165) is 18.8 Å². The molecule has 98 valence electrons. The van der Waals surface area contributed by atoms with Gasteiger partial charge in [-0.05, 0) is 36.9 Å². The van der Waals surface area contributed by atoms with Gasteiger partial charge < -0.3 is 10.6 Å². The quantitative estimate of drug-likeness (QED) is 0.879. The molecule has 1 amide bonds. The lowest BCUT2D eigenvalue weighted by Crippen LogP contribution is -2.43. The number of nitrogens with one attached hydrogen (secondary N) is 2. The normalized spacial score (nSPS) is 15.2. The second-order valence-corrected chi connectivity index (χ2v) is 6.03. The van der Waals surface area contributed by atoms with E-state index < -0.39 is 0 Å². The third-order valence-electron chi connectivity index (χ3n) is 2.68. The molecule has 1 aliphatic rings. The zero-order valence-corrected chi connectivity index (χ0v) is 12.0. The predicted molar refractivity (Wildman–Crippen MR) is 78.8 cm³/mol. The Bertz CT molecular complexity index is 418. The molecule has 0 saturated carbocycles. The smallest absolute Gasteiger partial charge is 0.234 e. The molecule has 0 atom stereocenters. The highest BCUT2D eigenvalue weighted by Gasteiger charge is 2.17. The van der Waals surface area contributed by atoms with Gasteiger partial charge in [-0.1, -0.05) is 29.3 Å². The number of hydrogen-bond donors (Lipinski definition) is 2. The molecule has 0 spiro atoms. The summed E-state index contributed by atoms with van der Waals surface area (Å²) >= 11 is 13.6. The van der Waals surface area contributed by atoms with Gasteiger partial charge in [0.15, 0.2) is 0 Å². The molecule has 18 heavy (non-hydrogen) atoms. The van der Waals surface area contributed by atoms with Crippen molar-refractivity contribution in [2.75, 3.05) is 29.9 Å². The number of carbonyl (C=O) groups is 1. The van der Waals surface area contributed by atoms with Crippen LogP contribution in [0.25, 0.3) is 0 Å². The summed E-state index contributed by atoms with van der Waals surface area (Å²) in [7, 11) is 0. The number of rotatable bonds is 5. The summed E-state index contributed by atoms with van der Waals surface area (Å²) in [5, 5.41) is 6.88. The van der Waals surface area contributed by atoms with Gasteiger partial charge in [0, 0.05) is 0 Å². The highest BCUT2D eigenvalue weighted by atomic mass is 35.5. The molecule has 2 N–H and O–H groups in total. The molecule has 1 aromatic rings. The molecule has 0 aromatic heterocycles. The molecule has 1 fully saturated rings. The van der Waals surface area contributed by atoms with E-state index in [1.54, 1.807) is 30.0 Å². The van der Waals surface area contributed by atoms with Crippen molar-refractivity contribution in [2.24, 2.45) is 5.92 Å². The second-order valence-electron chi connectivity index (χ2n) is 4.18. The van der Waals surface area contributed by atoms with E-state index in [1.807, 2.05) is 0 Å². The number of carbonyl (C=O) groups excluding carboxylic acids is 1. The first-order chi connectivity index (χ1) is 8.66. The lowest BCUT2D eigenvalue weighted by atomic mass is 10.1. The van der Waals surface area contributed by atoms with Gasteiger partial charge in [0.25, 0.3) is 0 Å². The fraction of sp³-hybridized carbons (Fsp3) is 0.417. The number of thioether (sulfide) groups is 1. The van der Waals surface area contributed by atoms with Gasteiger partial charge in [0.1, 0.15) is 0 Å². The van der Waals surface area contributed by atoms with E-state index in [2.05, 4.69) is 10.6 Å². The van der Waals surface area contributed by atoms with Crippen LogP contribution < -0.4 is 10.6 Å². The maximum atomic E-state index is 11.7. The topological polar surface area (TPSA) is 41.1 Å². The van der Waals surface area contributed by atoms with E-state index in [9.17, 15) is 4.79 Å². The van der Waals surface area contributed by atoms with Gasteiger partial charge in [-0.2, -0.15) is 11.8 Å². The zero-order valence-electron chi connectivity index (χ0n) is 9.71. The molecule has 1 aliphatic heterocycles. The number of benzene rings is 1. The average molecular weight is 305 g/mol. The zero-order chi connectivity index (χ0) is 13.0. The Morgan fingerprint density at radius 1 is 1.39 bits per heavy atom. The molecular weight excluding hydrogens is 291 g/mol. The Hall–Kier alpha value is -0.420. The predicted octanol–water partition coefficient (Wildman–Crippen LogP) is 2.88. The van der Waals surface area contributed by atoms with Gasteiger partial charge >= 0.3 is 0 Å². The molecule has 0 aliphatic carbocycles. The van der Waals surface area contributed by atoms with Gasteiger partial charge in [0.2, 0.25) is 5.91 Å². The fourth-order valence-electron chi connectivity index (χ4n) is 1.58. The lowest BCUT2D eigenvalue weighted by molar-refractivity contribution is -0.113. The van der Waals surface area contributed by atoms with Crippen LogP contribution in [0.15, 0.2) is 18.2 Å². The van der Waals surface area contributed by atoms with Crippen LogP contribution in [0.3, 0.4) is 0 Å². The lowest BCUT2D eigenvalue weighted by Gasteiger charge is -2.26. The Morgan fingerprint density at radius 3 is 2.61 bits per heavy atom. The summed E-state index contributed by atoms with van der Waals surface area (Å²) in [6.45, 7) is 2.12. The van der Waals surface area contributed by atoms with E-state index >= 15 is 0 Å².